The van der Waals surface area contributed by atoms with E-state index in [0.717, 1.165) is 0 Å². The number of fused-ring (bicyclic) bond motifs is 3. The van der Waals surface area contributed by atoms with E-state index in [1.807, 2.05) is 16.8 Å². The zero-order valence-corrected chi connectivity index (χ0v) is 8.35. The third kappa shape index (κ3) is 1.17. The normalized spacial score (nSPS) is 10.9. The van der Waals surface area contributed by atoms with Crippen LogP contribution in [0.5, 0.6) is 0 Å². The van der Waals surface area contributed by atoms with Crippen LogP contribution in [0.3, 0.4) is 0 Å². The number of pyridine rings is 1. The van der Waals surface area contributed by atoms with E-state index in [1.165, 1.54) is 21.7 Å². The SMILES string of the molecule is [CH2-][n+]1cccc2ccc3ccccc3c21. The maximum absolute atomic E-state index is 4.02. The minimum absolute atomic E-state index is 1.19. The van der Waals surface area contributed by atoms with E-state index in [9.17, 15) is 0 Å². The highest BCUT2D eigenvalue weighted by Crippen LogP contribution is 2.21. The van der Waals surface area contributed by atoms with Crippen molar-refractivity contribution in [3.8, 4) is 0 Å². The predicted molar refractivity (Wildman–Crippen MR) is 62.4 cm³/mol. The molecule has 0 aliphatic heterocycles. The Bertz CT molecular complexity index is 641. The Morgan fingerprint density at radius 2 is 1.53 bits per heavy atom. The Labute approximate surface area is 88.6 Å². The summed E-state index contributed by atoms with van der Waals surface area (Å²) in [6.07, 6.45) is 1.98. The lowest BCUT2D eigenvalue weighted by Gasteiger charge is -2.07. The van der Waals surface area contributed by atoms with Gasteiger partial charge in [0.25, 0.3) is 0 Å². The van der Waals surface area contributed by atoms with Crippen molar-refractivity contribution in [2.45, 2.75) is 0 Å². The quantitative estimate of drug-likeness (QED) is 0.293. The maximum Gasteiger partial charge on any atom is 0.119 e. The second-order valence-corrected chi connectivity index (χ2v) is 3.70. The molecule has 0 fully saturated rings. The molecule has 0 bridgehead atoms. The molecule has 1 heterocycles. The average molecular weight is 193 g/mol. The fourth-order valence-electron chi connectivity index (χ4n) is 2.05. The van der Waals surface area contributed by atoms with Crippen molar-refractivity contribution in [3.05, 3.63) is 61.8 Å². The van der Waals surface area contributed by atoms with E-state index < -0.39 is 0 Å². The predicted octanol–water partition coefficient (Wildman–Crippen LogP) is 2.92. The summed E-state index contributed by atoms with van der Waals surface area (Å²) in [6.45, 7) is 0. The third-order valence-corrected chi connectivity index (χ3v) is 2.76. The van der Waals surface area contributed by atoms with Gasteiger partial charge in [-0.25, -0.2) is 0 Å². The first-order valence-corrected chi connectivity index (χ1v) is 4.99. The van der Waals surface area contributed by atoms with Crippen LogP contribution in [0.1, 0.15) is 0 Å². The highest BCUT2D eigenvalue weighted by Gasteiger charge is 2.01. The summed E-state index contributed by atoms with van der Waals surface area (Å²) in [4.78, 5) is 0. The molecule has 1 nitrogen and oxygen atoms in total. The van der Waals surface area contributed by atoms with E-state index in [4.69, 9.17) is 0 Å². The summed E-state index contributed by atoms with van der Waals surface area (Å²) in [6, 6.07) is 16.8. The number of benzene rings is 2. The largest absolute Gasteiger partial charge is 0.332 e. The van der Waals surface area contributed by atoms with Gasteiger partial charge >= 0.3 is 0 Å². The van der Waals surface area contributed by atoms with E-state index in [-0.39, 0.29) is 0 Å². The molecule has 0 saturated carbocycles. The Morgan fingerprint density at radius 3 is 2.47 bits per heavy atom. The molecule has 0 aliphatic carbocycles. The van der Waals surface area contributed by atoms with Crippen LogP contribution in [0.25, 0.3) is 21.7 Å². The van der Waals surface area contributed by atoms with Crippen LogP contribution in [-0.4, -0.2) is 0 Å². The molecule has 1 aromatic heterocycles. The summed E-state index contributed by atoms with van der Waals surface area (Å²) < 4.78 is 1.93. The molecule has 0 N–H and O–H groups in total. The second-order valence-electron chi connectivity index (χ2n) is 3.70. The second kappa shape index (κ2) is 2.99. The number of hydrogen-bond acceptors (Lipinski definition) is 0. The van der Waals surface area contributed by atoms with Crippen LogP contribution < -0.4 is 4.57 Å². The molecule has 0 spiro atoms. The summed E-state index contributed by atoms with van der Waals surface area (Å²) in [5, 5.41) is 3.74. The van der Waals surface area contributed by atoms with Gasteiger partial charge in [-0.2, -0.15) is 0 Å². The fraction of sp³-hybridized carbons (Fsp3) is 0. The van der Waals surface area contributed by atoms with E-state index in [1.54, 1.807) is 0 Å². The lowest BCUT2D eigenvalue weighted by Crippen LogP contribution is -2.25. The maximum atomic E-state index is 4.02. The van der Waals surface area contributed by atoms with Crippen molar-refractivity contribution >= 4 is 21.7 Å². The van der Waals surface area contributed by atoms with Crippen molar-refractivity contribution in [2.75, 3.05) is 0 Å². The minimum Gasteiger partial charge on any atom is -0.332 e. The Balaban J connectivity index is 2.64. The van der Waals surface area contributed by atoms with Crippen LogP contribution in [0.2, 0.25) is 0 Å². The molecule has 0 amide bonds. The first kappa shape index (κ1) is 8.30. The summed E-state index contributed by atoms with van der Waals surface area (Å²) in [5.74, 6) is 0. The van der Waals surface area contributed by atoms with E-state index in [0.29, 0.717) is 0 Å². The molecular weight excluding hydrogens is 182 g/mol. The van der Waals surface area contributed by atoms with Gasteiger partial charge in [0.05, 0.1) is 6.20 Å². The van der Waals surface area contributed by atoms with Gasteiger partial charge in [-0.1, -0.05) is 48.5 Å². The van der Waals surface area contributed by atoms with E-state index >= 15 is 0 Å². The summed E-state index contributed by atoms with van der Waals surface area (Å²) in [7, 11) is 4.02. The first-order chi connectivity index (χ1) is 7.36. The Hall–Kier alpha value is -2.02. The van der Waals surface area contributed by atoms with Gasteiger partial charge in [-0.3, -0.25) is 0 Å². The van der Waals surface area contributed by atoms with Crippen molar-refractivity contribution < 1.29 is 4.57 Å². The molecular formula is C14H11N. The molecule has 1 heteroatoms. The molecule has 2 aromatic carbocycles. The lowest BCUT2D eigenvalue weighted by molar-refractivity contribution is -0.583. The van der Waals surface area contributed by atoms with Crippen molar-refractivity contribution in [1.82, 2.24) is 0 Å². The third-order valence-electron chi connectivity index (χ3n) is 2.76. The lowest BCUT2D eigenvalue weighted by atomic mass is 10.1. The van der Waals surface area contributed by atoms with Crippen LogP contribution in [0.15, 0.2) is 54.7 Å². The zero-order chi connectivity index (χ0) is 10.3. The number of aromatic nitrogens is 1. The monoisotopic (exact) mass is 193 g/mol. The van der Waals surface area contributed by atoms with Crippen LogP contribution in [0, 0.1) is 7.05 Å². The van der Waals surface area contributed by atoms with Gasteiger partial charge in [-0.15, -0.1) is 0 Å². The molecule has 15 heavy (non-hydrogen) atoms. The molecule has 3 aromatic rings. The molecule has 3 rings (SSSR count). The van der Waals surface area contributed by atoms with E-state index in [2.05, 4.69) is 49.5 Å². The number of hydrogen-bond donors (Lipinski definition) is 0. The van der Waals surface area contributed by atoms with Crippen molar-refractivity contribution in [3.63, 3.8) is 0 Å². The van der Waals surface area contributed by atoms with Gasteiger partial charge < -0.3 is 4.57 Å². The fourth-order valence-corrected chi connectivity index (χ4v) is 2.05. The number of nitrogens with zero attached hydrogens (tertiary/aromatic N) is 1. The minimum atomic E-state index is 1.19. The molecule has 0 radical (unpaired) electrons. The van der Waals surface area contributed by atoms with Crippen LogP contribution in [0.4, 0.5) is 0 Å². The number of rotatable bonds is 0. The van der Waals surface area contributed by atoms with Gasteiger partial charge in [0.15, 0.2) is 0 Å². The highest BCUT2D eigenvalue weighted by molar-refractivity contribution is 6.03. The van der Waals surface area contributed by atoms with Crippen LogP contribution in [-0.2, 0) is 0 Å². The molecule has 0 unspecified atom stereocenters. The van der Waals surface area contributed by atoms with Gasteiger partial charge in [0, 0.05) is 7.05 Å². The molecule has 72 valence electrons. The standard InChI is InChI=1S/C14H11N/c1-15-10-4-6-12-9-8-11-5-2-3-7-13(11)14(12)15/h2-10H,1H2. The topological polar surface area (TPSA) is 3.88 Å². The molecule has 0 saturated heterocycles. The van der Waals surface area contributed by atoms with Crippen molar-refractivity contribution in [2.24, 2.45) is 0 Å². The molecule has 0 aliphatic rings. The summed E-state index contributed by atoms with van der Waals surface area (Å²) >= 11 is 0. The van der Waals surface area contributed by atoms with Gasteiger partial charge in [-0.05, 0) is 16.2 Å². The highest BCUT2D eigenvalue weighted by atomic mass is 14.9. The van der Waals surface area contributed by atoms with Gasteiger partial charge in [0.2, 0.25) is 0 Å². The molecule has 0 atom stereocenters. The smallest absolute Gasteiger partial charge is 0.119 e. The average Bonchev–Trinajstić information content (AvgIpc) is 2.29. The zero-order valence-electron chi connectivity index (χ0n) is 8.35. The van der Waals surface area contributed by atoms with Crippen LogP contribution >= 0.6 is 0 Å². The van der Waals surface area contributed by atoms with Crippen molar-refractivity contribution in [1.29, 1.82) is 0 Å². The van der Waals surface area contributed by atoms with Gasteiger partial charge in [0.1, 0.15) is 5.52 Å². The Morgan fingerprint density at radius 1 is 0.800 bits per heavy atom. The first-order valence-electron chi connectivity index (χ1n) is 4.99. The summed E-state index contributed by atoms with van der Waals surface area (Å²) in [5.41, 5.74) is 1.19. The Kier molecular flexibility index (Phi) is 1.65.